The van der Waals surface area contributed by atoms with Gasteiger partial charge in [0.15, 0.2) is 0 Å². The Kier molecular flexibility index (Phi) is 3.86. The van der Waals surface area contributed by atoms with E-state index in [2.05, 4.69) is 36.4 Å². The van der Waals surface area contributed by atoms with Crippen LogP contribution in [0.5, 0.6) is 0 Å². The molecule has 0 heterocycles. The number of aliphatic hydroxyl groups excluding tert-OH is 1. The third-order valence-corrected chi connectivity index (χ3v) is 4.40. The fourth-order valence-electron chi connectivity index (χ4n) is 3.15. The predicted molar refractivity (Wildman–Crippen MR) is 81.5 cm³/mol. The molecule has 104 valence electrons. The molecule has 2 aromatic carbocycles. The van der Waals surface area contributed by atoms with Gasteiger partial charge in [-0.1, -0.05) is 60.7 Å². The van der Waals surface area contributed by atoms with Crippen LogP contribution in [0.2, 0.25) is 0 Å². The van der Waals surface area contributed by atoms with Crippen molar-refractivity contribution in [2.75, 3.05) is 6.54 Å². The van der Waals surface area contributed by atoms with Crippen molar-refractivity contribution >= 4 is 0 Å². The van der Waals surface area contributed by atoms with Crippen LogP contribution >= 0.6 is 0 Å². The maximum atomic E-state index is 10.7. The SMILES string of the molecule is NCC(c1ccccc1)C(O)C1CC1c1ccccc1. The molecule has 0 saturated heterocycles. The first-order valence-corrected chi connectivity index (χ1v) is 7.29. The van der Waals surface area contributed by atoms with Crippen LogP contribution in [0, 0.1) is 5.92 Å². The summed E-state index contributed by atoms with van der Waals surface area (Å²) in [5.41, 5.74) is 8.37. The Hall–Kier alpha value is -1.64. The molecule has 1 saturated carbocycles. The summed E-state index contributed by atoms with van der Waals surface area (Å²) < 4.78 is 0. The lowest BCUT2D eigenvalue weighted by molar-refractivity contribution is 0.120. The van der Waals surface area contributed by atoms with Crippen LogP contribution in [-0.2, 0) is 0 Å². The molecule has 1 fully saturated rings. The molecule has 2 aromatic rings. The first-order valence-electron chi connectivity index (χ1n) is 7.29. The second-order valence-corrected chi connectivity index (χ2v) is 5.66. The minimum absolute atomic E-state index is 0.0370. The summed E-state index contributed by atoms with van der Waals surface area (Å²) in [5, 5.41) is 10.7. The van der Waals surface area contributed by atoms with Crippen LogP contribution < -0.4 is 5.73 Å². The second kappa shape index (κ2) is 5.78. The van der Waals surface area contributed by atoms with Crippen molar-refractivity contribution in [2.45, 2.75) is 24.4 Å². The molecule has 3 rings (SSSR count). The smallest absolute Gasteiger partial charge is 0.0655 e. The lowest BCUT2D eigenvalue weighted by atomic mass is 9.89. The molecule has 0 bridgehead atoms. The van der Waals surface area contributed by atoms with E-state index in [1.807, 2.05) is 24.3 Å². The molecule has 4 atom stereocenters. The summed E-state index contributed by atoms with van der Waals surface area (Å²) in [6, 6.07) is 20.6. The standard InChI is InChI=1S/C18H21NO/c19-12-17(14-9-5-2-6-10-14)18(20)16-11-15(16)13-7-3-1-4-8-13/h1-10,15-18,20H,11-12,19H2. The molecule has 2 nitrogen and oxygen atoms in total. The van der Waals surface area contributed by atoms with Crippen molar-refractivity contribution in [3.05, 3.63) is 71.8 Å². The van der Waals surface area contributed by atoms with E-state index in [0.717, 1.165) is 12.0 Å². The monoisotopic (exact) mass is 267 g/mol. The maximum absolute atomic E-state index is 10.7. The van der Waals surface area contributed by atoms with Crippen molar-refractivity contribution < 1.29 is 5.11 Å². The first-order chi connectivity index (χ1) is 9.81. The minimum atomic E-state index is -0.354. The van der Waals surface area contributed by atoms with Crippen LogP contribution in [0.25, 0.3) is 0 Å². The van der Waals surface area contributed by atoms with Gasteiger partial charge in [0.05, 0.1) is 6.10 Å². The number of aliphatic hydroxyl groups is 1. The van der Waals surface area contributed by atoms with Gasteiger partial charge in [-0.25, -0.2) is 0 Å². The predicted octanol–water partition coefficient (Wildman–Crippen LogP) is 2.89. The fraction of sp³-hybridized carbons (Fsp3) is 0.333. The Morgan fingerprint density at radius 3 is 2.20 bits per heavy atom. The Morgan fingerprint density at radius 1 is 1.00 bits per heavy atom. The average Bonchev–Trinajstić information content (AvgIpc) is 3.30. The zero-order valence-corrected chi connectivity index (χ0v) is 11.5. The zero-order chi connectivity index (χ0) is 13.9. The van der Waals surface area contributed by atoms with E-state index < -0.39 is 0 Å². The molecular weight excluding hydrogens is 246 g/mol. The first kappa shape index (κ1) is 13.3. The van der Waals surface area contributed by atoms with Gasteiger partial charge in [0.25, 0.3) is 0 Å². The largest absolute Gasteiger partial charge is 0.392 e. The molecule has 0 spiro atoms. The van der Waals surface area contributed by atoms with Crippen molar-refractivity contribution in [3.8, 4) is 0 Å². The lowest BCUT2D eigenvalue weighted by Crippen LogP contribution is -2.28. The van der Waals surface area contributed by atoms with Gasteiger partial charge in [0.2, 0.25) is 0 Å². The molecule has 1 aliphatic carbocycles. The van der Waals surface area contributed by atoms with Gasteiger partial charge in [-0.05, 0) is 29.4 Å². The highest BCUT2D eigenvalue weighted by atomic mass is 16.3. The van der Waals surface area contributed by atoms with Gasteiger partial charge >= 0.3 is 0 Å². The molecule has 0 aliphatic heterocycles. The van der Waals surface area contributed by atoms with Crippen LogP contribution in [0.3, 0.4) is 0 Å². The van der Waals surface area contributed by atoms with Crippen LogP contribution in [0.1, 0.15) is 29.4 Å². The number of rotatable bonds is 5. The van der Waals surface area contributed by atoms with Crippen molar-refractivity contribution in [1.82, 2.24) is 0 Å². The molecule has 0 amide bonds. The van der Waals surface area contributed by atoms with Crippen molar-refractivity contribution in [1.29, 1.82) is 0 Å². The highest BCUT2D eigenvalue weighted by Gasteiger charge is 2.45. The van der Waals surface area contributed by atoms with Crippen molar-refractivity contribution in [3.63, 3.8) is 0 Å². The van der Waals surface area contributed by atoms with E-state index in [0.29, 0.717) is 18.4 Å². The molecule has 3 N–H and O–H groups in total. The number of benzene rings is 2. The Morgan fingerprint density at radius 2 is 1.60 bits per heavy atom. The van der Waals surface area contributed by atoms with Crippen LogP contribution in [-0.4, -0.2) is 17.8 Å². The van der Waals surface area contributed by atoms with E-state index in [1.54, 1.807) is 0 Å². The fourth-order valence-corrected chi connectivity index (χ4v) is 3.15. The van der Waals surface area contributed by atoms with Gasteiger partial charge < -0.3 is 10.8 Å². The third-order valence-electron chi connectivity index (χ3n) is 4.40. The van der Waals surface area contributed by atoms with Gasteiger partial charge in [0.1, 0.15) is 0 Å². The molecule has 0 aromatic heterocycles. The normalized spacial score (nSPS) is 24.1. The highest BCUT2D eigenvalue weighted by Crippen LogP contribution is 2.51. The summed E-state index contributed by atoms with van der Waals surface area (Å²) in [5.74, 6) is 0.866. The van der Waals surface area contributed by atoms with Gasteiger partial charge in [-0.2, -0.15) is 0 Å². The van der Waals surface area contributed by atoms with E-state index >= 15 is 0 Å². The molecule has 4 unspecified atom stereocenters. The highest BCUT2D eigenvalue weighted by molar-refractivity contribution is 5.29. The topological polar surface area (TPSA) is 46.2 Å². The Bertz CT molecular complexity index is 540. The summed E-state index contributed by atoms with van der Waals surface area (Å²) in [6.07, 6.45) is 0.710. The van der Waals surface area contributed by atoms with Gasteiger partial charge in [-0.3, -0.25) is 0 Å². The van der Waals surface area contributed by atoms with Crippen molar-refractivity contribution in [2.24, 2.45) is 11.7 Å². The average molecular weight is 267 g/mol. The Labute approximate surface area is 120 Å². The molecule has 1 aliphatic rings. The maximum Gasteiger partial charge on any atom is 0.0655 e. The number of nitrogens with two attached hydrogens (primary N) is 1. The summed E-state index contributed by atoms with van der Waals surface area (Å²) in [7, 11) is 0. The van der Waals surface area contributed by atoms with E-state index in [9.17, 15) is 5.11 Å². The number of hydrogen-bond donors (Lipinski definition) is 2. The summed E-state index contributed by atoms with van der Waals surface area (Å²) in [4.78, 5) is 0. The minimum Gasteiger partial charge on any atom is -0.392 e. The molecule has 2 heteroatoms. The molecular formula is C18H21NO. The van der Waals surface area contributed by atoms with E-state index in [1.165, 1.54) is 5.56 Å². The molecule has 20 heavy (non-hydrogen) atoms. The number of hydrogen-bond acceptors (Lipinski definition) is 2. The summed E-state index contributed by atoms with van der Waals surface area (Å²) in [6.45, 7) is 0.489. The van der Waals surface area contributed by atoms with Gasteiger partial charge in [0, 0.05) is 12.5 Å². The zero-order valence-electron chi connectivity index (χ0n) is 11.5. The third kappa shape index (κ3) is 2.62. The summed E-state index contributed by atoms with van der Waals surface area (Å²) >= 11 is 0. The van der Waals surface area contributed by atoms with Crippen LogP contribution in [0.15, 0.2) is 60.7 Å². The lowest BCUT2D eigenvalue weighted by Gasteiger charge is -2.22. The molecule has 0 radical (unpaired) electrons. The van der Waals surface area contributed by atoms with E-state index in [4.69, 9.17) is 5.73 Å². The van der Waals surface area contributed by atoms with E-state index in [-0.39, 0.29) is 12.0 Å². The van der Waals surface area contributed by atoms with Gasteiger partial charge in [-0.15, -0.1) is 0 Å². The second-order valence-electron chi connectivity index (χ2n) is 5.66. The van der Waals surface area contributed by atoms with Crippen LogP contribution in [0.4, 0.5) is 0 Å². The Balaban J connectivity index is 1.72. The quantitative estimate of drug-likeness (QED) is 0.875.